The molecule has 0 unspecified atom stereocenters. The summed E-state index contributed by atoms with van der Waals surface area (Å²) < 4.78 is 18.6. The van der Waals surface area contributed by atoms with Crippen molar-refractivity contribution in [3.8, 4) is 0 Å². The molecule has 2 aromatic rings. The number of hydrogen-bond acceptors (Lipinski definition) is 4. The van der Waals surface area contributed by atoms with E-state index in [4.69, 9.17) is 4.42 Å². The zero-order chi connectivity index (χ0) is 18.8. The summed E-state index contributed by atoms with van der Waals surface area (Å²) in [6.07, 6.45) is 3.54. The van der Waals surface area contributed by atoms with Crippen LogP contribution in [0.15, 0.2) is 46.0 Å². The van der Waals surface area contributed by atoms with Crippen molar-refractivity contribution in [3.05, 3.63) is 59.3 Å². The molecule has 1 amide bonds. The van der Waals surface area contributed by atoms with Crippen molar-refractivity contribution in [2.24, 2.45) is 4.99 Å². The molecule has 0 fully saturated rings. The van der Waals surface area contributed by atoms with Gasteiger partial charge in [0.05, 0.1) is 19.4 Å². The number of hydrogen-bond donors (Lipinski definition) is 3. The molecular formula is C18H24FIN4O2S. The van der Waals surface area contributed by atoms with Gasteiger partial charge >= 0.3 is 0 Å². The highest BCUT2D eigenvalue weighted by molar-refractivity contribution is 14.0. The summed E-state index contributed by atoms with van der Waals surface area (Å²) in [4.78, 5) is 16.0. The molecule has 1 aromatic carbocycles. The summed E-state index contributed by atoms with van der Waals surface area (Å²) in [5.41, 5.74) is 1.93. The maximum absolute atomic E-state index is 13.4. The average molecular weight is 506 g/mol. The highest BCUT2D eigenvalue weighted by atomic mass is 127. The largest absolute Gasteiger partial charge is 0.467 e. The van der Waals surface area contributed by atoms with Crippen LogP contribution in [0.3, 0.4) is 0 Å². The molecule has 9 heteroatoms. The van der Waals surface area contributed by atoms with Crippen LogP contribution >= 0.6 is 35.7 Å². The van der Waals surface area contributed by atoms with Gasteiger partial charge in [0.1, 0.15) is 11.6 Å². The molecule has 0 aliphatic carbocycles. The Hall–Kier alpha value is -1.75. The quantitative estimate of drug-likeness (QED) is 0.292. The number of aliphatic imine (C=N–C) groups is 1. The van der Waals surface area contributed by atoms with Crippen molar-refractivity contribution in [1.82, 2.24) is 16.0 Å². The van der Waals surface area contributed by atoms with E-state index in [2.05, 4.69) is 20.9 Å². The Kier molecular flexibility index (Phi) is 10.9. The second-order valence-electron chi connectivity index (χ2n) is 5.48. The van der Waals surface area contributed by atoms with Crippen molar-refractivity contribution in [3.63, 3.8) is 0 Å². The minimum Gasteiger partial charge on any atom is -0.467 e. The lowest BCUT2D eigenvalue weighted by Gasteiger charge is -2.14. The van der Waals surface area contributed by atoms with E-state index in [0.717, 1.165) is 16.9 Å². The predicted molar refractivity (Wildman–Crippen MR) is 118 cm³/mol. The summed E-state index contributed by atoms with van der Waals surface area (Å²) in [6, 6.07) is 8.32. The monoisotopic (exact) mass is 506 g/mol. The SMILES string of the molecule is CN=C(NCC(=O)NCc1ccco1)NCc1ccc(F)cc1CSC.I. The Bertz CT molecular complexity index is 741. The van der Waals surface area contributed by atoms with Gasteiger partial charge in [-0.1, -0.05) is 6.07 Å². The first-order valence-corrected chi connectivity index (χ1v) is 9.51. The van der Waals surface area contributed by atoms with E-state index in [1.165, 1.54) is 6.07 Å². The van der Waals surface area contributed by atoms with Gasteiger partial charge in [0, 0.05) is 19.3 Å². The smallest absolute Gasteiger partial charge is 0.239 e. The fourth-order valence-electron chi connectivity index (χ4n) is 2.28. The first kappa shape index (κ1) is 23.3. The number of carbonyl (C=O) groups excluding carboxylic acids is 1. The van der Waals surface area contributed by atoms with Gasteiger partial charge in [-0.2, -0.15) is 11.8 Å². The lowest BCUT2D eigenvalue weighted by molar-refractivity contribution is -0.120. The maximum atomic E-state index is 13.4. The number of benzene rings is 1. The summed E-state index contributed by atoms with van der Waals surface area (Å²) in [5, 5.41) is 8.84. The minimum absolute atomic E-state index is 0. The third kappa shape index (κ3) is 8.21. The molecule has 6 nitrogen and oxygen atoms in total. The van der Waals surface area contributed by atoms with Crippen molar-refractivity contribution in [2.75, 3.05) is 19.8 Å². The Balaban J connectivity index is 0.00000364. The normalized spacial score (nSPS) is 10.9. The summed E-state index contributed by atoms with van der Waals surface area (Å²) in [5.74, 6) is 1.51. The first-order valence-electron chi connectivity index (χ1n) is 8.12. The molecule has 148 valence electrons. The highest BCUT2D eigenvalue weighted by Gasteiger charge is 2.07. The fraction of sp³-hybridized carbons (Fsp3) is 0.333. The molecule has 0 aliphatic heterocycles. The van der Waals surface area contributed by atoms with Crippen molar-refractivity contribution < 1.29 is 13.6 Å². The Morgan fingerprint density at radius 1 is 1.19 bits per heavy atom. The number of nitrogens with zero attached hydrogens (tertiary/aromatic N) is 1. The second-order valence-corrected chi connectivity index (χ2v) is 6.35. The number of amides is 1. The second kappa shape index (κ2) is 12.6. The van der Waals surface area contributed by atoms with Crippen molar-refractivity contribution in [2.45, 2.75) is 18.8 Å². The number of furan rings is 1. The highest BCUT2D eigenvalue weighted by Crippen LogP contribution is 2.16. The predicted octanol–water partition coefficient (Wildman–Crippen LogP) is 2.88. The zero-order valence-electron chi connectivity index (χ0n) is 15.3. The molecule has 0 saturated heterocycles. The van der Waals surface area contributed by atoms with E-state index in [9.17, 15) is 9.18 Å². The molecule has 1 aromatic heterocycles. The number of thioether (sulfide) groups is 1. The third-order valence-electron chi connectivity index (χ3n) is 3.59. The van der Waals surface area contributed by atoms with Gasteiger partial charge in [-0.15, -0.1) is 24.0 Å². The van der Waals surface area contributed by atoms with E-state index < -0.39 is 0 Å². The third-order valence-corrected chi connectivity index (χ3v) is 4.19. The van der Waals surface area contributed by atoms with Gasteiger partial charge in [0.15, 0.2) is 5.96 Å². The molecule has 2 rings (SSSR count). The number of halogens is 2. The molecule has 0 saturated carbocycles. The van der Waals surface area contributed by atoms with Crippen LogP contribution in [-0.2, 0) is 23.6 Å². The number of carbonyl (C=O) groups is 1. The average Bonchev–Trinajstić information content (AvgIpc) is 3.15. The zero-order valence-corrected chi connectivity index (χ0v) is 18.4. The van der Waals surface area contributed by atoms with Crippen molar-refractivity contribution >= 4 is 47.6 Å². The van der Waals surface area contributed by atoms with E-state index in [0.29, 0.717) is 24.8 Å². The molecular weight excluding hydrogens is 482 g/mol. The first-order chi connectivity index (χ1) is 12.6. The van der Waals surface area contributed by atoms with Gasteiger partial charge in [-0.05, 0) is 41.6 Å². The maximum Gasteiger partial charge on any atom is 0.239 e. The molecule has 3 N–H and O–H groups in total. The molecule has 27 heavy (non-hydrogen) atoms. The van der Waals surface area contributed by atoms with Gasteiger partial charge in [-0.25, -0.2) is 4.39 Å². The van der Waals surface area contributed by atoms with Gasteiger partial charge in [0.2, 0.25) is 5.91 Å². The molecule has 0 atom stereocenters. The molecule has 0 aliphatic rings. The van der Waals surface area contributed by atoms with Crippen LogP contribution in [0.4, 0.5) is 4.39 Å². The van der Waals surface area contributed by atoms with Crippen LogP contribution in [0.1, 0.15) is 16.9 Å². The van der Waals surface area contributed by atoms with E-state index in [-0.39, 0.29) is 42.2 Å². The lowest BCUT2D eigenvalue weighted by Crippen LogP contribution is -2.42. The minimum atomic E-state index is -0.242. The summed E-state index contributed by atoms with van der Waals surface area (Å²) in [6.45, 7) is 0.915. The molecule has 1 heterocycles. The lowest BCUT2D eigenvalue weighted by atomic mass is 10.1. The van der Waals surface area contributed by atoms with Crippen molar-refractivity contribution in [1.29, 1.82) is 0 Å². The fourth-order valence-corrected chi connectivity index (χ4v) is 2.86. The Morgan fingerprint density at radius 3 is 2.67 bits per heavy atom. The van der Waals surface area contributed by atoms with Gasteiger partial charge in [0.25, 0.3) is 0 Å². The number of guanidine groups is 1. The van der Waals surface area contributed by atoms with Crippen LogP contribution < -0.4 is 16.0 Å². The van der Waals surface area contributed by atoms with Crippen LogP contribution in [0.5, 0.6) is 0 Å². The van der Waals surface area contributed by atoms with Crippen LogP contribution in [0, 0.1) is 5.82 Å². The number of rotatable bonds is 8. The number of nitrogens with one attached hydrogen (secondary N) is 3. The molecule has 0 radical (unpaired) electrons. The van der Waals surface area contributed by atoms with E-state index in [1.807, 2.05) is 6.26 Å². The van der Waals surface area contributed by atoms with Crippen LogP contribution in [-0.4, -0.2) is 31.7 Å². The van der Waals surface area contributed by atoms with Crippen LogP contribution in [0.25, 0.3) is 0 Å². The van der Waals surface area contributed by atoms with E-state index >= 15 is 0 Å². The summed E-state index contributed by atoms with van der Waals surface area (Å²) >= 11 is 1.64. The molecule has 0 spiro atoms. The summed E-state index contributed by atoms with van der Waals surface area (Å²) in [7, 11) is 1.63. The topological polar surface area (TPSA) is 78.7 Å². The molecule has 0 bridgehead atoms. The van der Waals surface area contributed by atoms with Crippen LogP contribution in [0.2, 0.25) is 0 Å². The van der Waals surface area contributed by atoms with E-state index in [1.54, 1.807) is 49.3 Å². The Labute approximate surface area is 179 Å². The standard InChI is InChI=1S/C18H23FN4O2S.HI/c1-20-18(23-11-17(24)21-10-16-4-3-7-25-16)22-9-13-5-6-15(19)8-14(13)12-26-2;/h3-8H,9-12H2,1-2H3,(H,21,24)(H2,20,22,23);1H. The van der Waals surface area contributed by atoms with Gasteiger partial charge in [-0.3, -0.25) is 9.79 Å². The Morgan fingerprint density at radius 2 is 2.00 bits per heavy atom. The van der Waals surface area contributed by atoms with Gasteiger partial charge < -0.3 is 20.4 Å².